The maximum absolute atomic E-state index is 4.78. The van der Waals surface area contributed by atoms with Crippen LogP contribution in [0.1, 0.15) is 48.8 Å². The fourth-order valence-corrected chi connectivity index (χ4v) is 3.35. The van der Waals surface area contributed by atoms with Crippen LogP contribution in [0.3, 0.4) is 0 Å². The molecule has 0 aliphatic heterocycles. The Labute approximate surface area is 134 Å². The van der Waals surface area contributed by atoms with Gasteiger partial charge in [-0.05, 0) is 46.3 Å². The van der Waals surface area contributed by atoms with Gasteiger partial charge >= 0.3 is 0 Å². The smallest absolute Gasteiger partial charge is 0.144 e. The highest BCUT2D eigenvalue weighted by Crippen LogP contribution is 2.39. The van der Waals surface area contributed by atoms with E-state index in [0.717, 1.165) is 47.6 Å². The van der Waals surface area contributed by atoms with E-state index in [1.165, 1.54) is 11.1 Å². The first-order valence-electron chi connectivity index (χ1n) is 7.62. The van der Waals surface area contributed by atoms with Gasteiger partial charge in [-0.25, -0.2) is 9.97 Å². The Morgan fingerprint density at radius 1 is 1.24 bits per heavy atom. The maximum atomic E-state index is 4.78. The third-order valence-corrected chi connectivity index (χ3v) is 4.81. The zero-order chi connectivity index (χ0) is 14.8. The average molecular weight is 346 g/mol. The maximum Gasteiger partial charge on any atom is 0.144 e. The van der Waals surface area contributed by atoms with Gasteiger partial charge in [-0.1, -0.05) is 38.1 Å². The quantitative estimate of drug-likeness (QED) is 0.877. The summed E-state index contributed by atoms with van der Waals surface area (Å²) in [6.45, 7) is 5.22. The van der Waals surface area contributed by atoms with E-state index < -0.39 is 0 Å². The van der Waals surface area contributed by atoms with Gasteiger partial charge in [0, 0.05) is 12.5 Å². The van der Waals surface area contributed by atoms with Crippen molar-refractivity contribution < 1.29 is 0 Å². The number of aromatic nitrogens is 2. The van der Waals surface area contributed by atoms with Gasteiger partial charge in [-0.15, -0.1) is 0 Å². The molecule has 0 fully saturated rings. The summed E-state index contributed by atoms with van der Waals surface area (Å²) >= 11 is 3.64. The number of hydrogen-bond acceptors (Lipinski definition) is 3. The molecule has 21 heavy (non-hydrogen) atoms. The molecule has 2 aromatic rings. The van der Waals surface area contributed by atoms with Crippen molar-refractivity contribution in [2.75, 3.05) is 11.9 Å². The van der Waals surface area contributed by atoms with Gasteiger partial charge in [0.15, 0.2) is 0 Å². The minimum absolute atomic E-state index is 0.349. The third kappa shape index (κ3) is 2.69. The van der Waals surface area contributed by atoms with Gasteiger partial charge in [0.1, 0.15) is 11.6 Å². The lowest BCUT2D eigenvalue weighted by Gasteiger charge is -2.29. The highest BCUT2D eigenvalue weighted by Gasteiger charge is 2.30. The number of fused-ring (bicyclic) bond motifs is 1. The molecule has 0 amide bonds. The van der Waals surface area contributed by atoms with Crippen molar-refractivity contribution in [3.05, 3.63) is 51.4 Å². The number of anilines is 1. The number of rotatable bonds is 5. The lowest BCUT2D eigenvalue weighted by molar-refractivity contribution is 0.653. The van der Waals surface area contributed by atoms with Crippen molar-refractivity contribution in [1.29, 1.82) is 0 Å². The van der Waals surface area contributed by atoms with Crippen molar-refractivity contribution >= 4 is 21.7 Å². The van der Waals surface area contributed by atoms with E-state index in [2.05, 4.69) is 59.4 Å². The molecular formula is C17H20BrN3. The summed E-state index contributed by atoms with van der Waals surface area (Å²) in [6, 6.07) is 8.59. The lowest BCUT2D eigenvalue weighted by Crippen LogP contribution is -2.22. The molecule has 3 rings (SSSR count). The summed E-state index contributed by atoms with van der Waals surface area (Å²) < 4.78 is 1.01. The molecule has 0 saturated carbocycles. The lowest BCUT2D eigenvalue weighted by atomic mass is 9.77. The summed E-state index contributed by atoms with van der Waals surface area (Å²) in [5.41, 5.74) is 3.89. The zero-order valence-electron chi connectivity index (χ0n) is 12.5. The molecular weight excluding hydrogens is 326 g/mol. The normalized spacial score (nSPS) is 16.2. The number of halogens is 1. The second-order valence-corrected chi connectivity index (χ2v) is 6.22. The molecule has 1 aliphatic rings. The standard InChI is InChI=1S/C17H20BrN3/c1-3-9-19-17-15(18)14(4-2)20-16(21-17)13-10-11-7-5-6-8-12(11)13/h5-8,13H,3-4,9-10H2,1-2H3,(H,19,20,21). The number of aryl methyl sites for hydroxylation is 1. The Morgan fingerprint density at radius 2 is 2.05 bits per heavy atom. The van der Waals surface area contributed by atoms with Crippen molar-refractivity contribution in [3.8, 4) is 0 Å². The Balaban J connectivity index is 1.96. The van der Waals surface area contributed by atoms with Gasteiger partial charge in [0.05, 0.1) is 10.2 Å². The number of hydrogen-bond donors (Lipinski definition) is 1. The molecule has 0 radical (unpaired) electrons. The van der Waals surface area contributed by atoms with E-state index in [-0.39, 0.29) is 0 Å². The SMILES string of the molecule is CCCNc1nc(C2Cc3ccccc32)nc(CC)c1Br. The number of nitrogens with zero attached hydrogens (tertiary/aromatic N) is 2. The topological polar surface area (TPSA) is 37.8 Å². The molecule has 1 atom stereocenters. The Hall–Kier alpha value is -1.42. The Morgan fingerprint density at radius 3 is 2.76 bits per heavy atom. The molecule has 1 aromatic heterocycles. The molecule has 110 valence electrons. The van der Waals surface area contributed by atoms with Gasteiger partial charge in [-0.3, -0.25) is 0 Å². The first-order chi connectivity index (χ1) is 10.2. The van der Waals surface area contributed by atoms with Crippen LogP contribution in [-0.2, 0) is 12.8 Å². The van der Waals surface area contributed by atoms with E-state index in [9.17, 15) is 0 Å². The van der Waals surface area contributed by atoms with Crippen molar-refractivity contribution in [2.24, 2.45) is 0 Å². The van der Waals surface area contributed by atoms with Gasteiger partial charge in [0.25, 0.3) is 0 Å². The zero-order valence-corrected chi connectivity index (χ0v) is 14.1. The summed E-state index contributed by atoms with van der Waals surface area (Å²) in [4.78, 5) is 9.55. The molecule has 0 bridgehead atoms. The molecule has 1 heterocycles. The predicted molar refractivity (Wildman–Crippen MR) is 89.9 cm³/mol. The second kappa shape index (κ2) is 6.14. The minimum Gasteiger partial charge on any atom is -0.369 e. The summed E-state index contributed by atoms with van der Waals surface area (Å²) in [6.07, 6.45) is 3.04. The van der Waals surface area contributed by atoms with Gasteiger partial charge < -0.3 is 5.32 Å². The van der Waals surface area contributed by atoms with Gasteiger partial charge in [0.2, 0.25) is 0 Å². The molecule has 4 heteroatoms. The summed E-state index contributed by atoms with van der Waals surface area (Å²) in [5.74, 6) is 2.23. The fraction of sp³-hybridized carbons (Fsp3) is 0.412. The van der Waals surface area contributed by atoms with E-state index in [0.29, 0.717) is 5.92 Å². The van der Waals surface area contributed by atoms with Crippen molar-refractivity contribution in [2.45, 2.75) is 39.0 Å². The van der Waals surface area contributed by atoms with Crippen LogP contribution in [0.15, 0.2) is 28.7 Å². The largest absolute Gasteiger partial charge is 0.369 e. The van der Waals surface area contributed by atoms with Gasteiger partial charge in [-0.2, -0.15) is 0 Å². The highest BCUT2D eigenvalue weighted by molar-refractivity contribution is 9.10. The summed E-state index contributed by atoms with van der Waals surface area (Å²) in [7, 11) is 0. The summed E-state index contributed by atoms with van der Waals surface area (Å²) in [5, 5.41) is 3.41. The van der Waals surface area contributed by atoms with E-state index in [1.807, 2.05) is 0 Å². The van der Waals surface area contributed by atoms with Crippen LogP contribution >= 0.6 is 15.9 Å². The first kappa shape index (κ1) is 14.5. The van der Waals surface area contributed by atoms with Crippen LogP contribution < -0.4 is 5.32 Å². The molecule has 0 saturated heterocycles. The second-order valence-electron chi connectivity index (χ2n) is 5.43. The monoisotopic (exact) mass is 345 g/mol. The van der Waals surface area contributed by atoms with E-state index >= 15 is 0 Å². The van der Waals surface area contributed by atoms with E-state index in [4.69, 9.17) is 9.97 Å². The van der Waals surface area contributed by atoms with Crippen LogP contribution in [0, 0.1) is 0 Å². The van der Waals surface area contributed by atoms with Crippen LogP contribution in [0.4, 0.5) is 5.82 Å². The number of nitrogens with one attached hydrogen (secondary N) is 1. The van der Waals surface area contributed by atoms with Crippen LogP contribution in [-0.4, -0.2) is 16.5 Å². The molecule has 0 spiro atoms. The highest BCUT2D eigenvalue weighted by atomic mass is 79.9. The first-order valence-corrected chi connectivity index (χ1v) is 8.41. The number of benzene rings is 1. The molecule has 3 nitrogen and oxygen atoms in total. The minimum atomic E-state index is 0.349. The average Bonchev–Trinajstić information content (AvgIpc) is 2.48. The van der Waals surface area contributed by atoms with Crippen LogP contribution in [0.5, 0.6) is 0 Å². The van der Waals surface area contributed by atoms with Crippen LogP contribution in [0.25, 0.3) is 0 Å². The Bertz CT molecular complexity index is 654. The fourth-order valence-electron chi connectivity index (χ4n) is 2.75. The molecule has 1 unspecified atom stereocenters. The predicted octanol–water partition coefficient (Wildman–Crippen LogP) is 4.31. The molecule has 1 N–H and O–H groups in total. The van der Waals surface area contributed by atoms with E-state index in [1.54, 1.807) is 0 Å². The van der Waals surface area contributed by atoms with Crippen molar-refractivity contribution in [3.63, 3.8) is 0 Å². The van der Waals surface area contributed by atoms with Crippen LogP contribution in [0.2, 0.25) is 0 Å². The third-order valence-electron chi connectivity index (χ3n) is 3.98. The molecule has 1 aliphatic carbocycles. The Kier molecular flexibility index (Phi) is 4.24. The van der Waals surface area contributed by atoms with Crippen molar-refractivity contribution in [1.82, 2.24) is 9.97 Å². The molecule has 1 aromatic carbocycles.